The van der Waals surface area contributed by atoms with E-state index in [-0.39, 0.29) is 0 Å². The minimum atomic E-state index is 0.440. The Kier molecular flexibility index (Phi) is 4.40. The Morgan fingerprint density at radius 3 is 2.50 bits per heavy atom. The van der Waals surface area contributed by atoms with Crippen molar-refractivity contribution in [3.63, 3.8) is 0 Å². The van der Waals surface area contributed by atoms with E-state index in [0.29, 0.717) is 17.9 Å². The van der Waals surface area contributed by atoms with E-state index in [1.165, 1.54) is 0 Å². The van der Waals surface area contributed by atoms with Crippen molar-refractivity contribution in [2.75, 3.05) is 0 Å². The molecule has 0 radical (unpaired) electrons. The molecule has 0 atom stereocenters. The Hall–Kier alpha value is -1.31. The highest BCUT2D eigenvalue weighted by molar-refractivity contribution is 9.11. The molecule has 90 valence electrons. The highest BCUT2D eigenvalue weighted by Crippen LogP contribution is 2.32. The Bertz CT molecular complexity index is 591. The molecule has 0 aromatic heterocycles. The minimum absolute atomic E-state index is 0.440. The number of benzene rings is 2. The van der Waals surface area contributed by atoms with Crippen molar-refractivity contribution in [1.82, 2.24) is 0 Å². The zero-order valence-electron chi connectivity index (χ0n) is 9.36. The maximum atomic E-state index is 9.09. The van der Waals surface area contributed by atoms with Crippen LogP contribution in [-0.4, -0.2) is 0 Å². The van der Waals surface area contributed by atoms with E-state index in [0.717, 1.165) is 14.5 Å². The van der Waals surface area contributed by atoms with Crippen molar-refractivity contribution in [1.29, 1.82) is 5.26 Å². The summed E-state index contributed by atoms with van der Waals surface area (Å²) in [5.74, 6) is 0.574. The van der Waals surface area contributed by atoms with Crippen molar-refractivity contribution in [3.8, 4) is 11.8 Å². The van der Waals surface area contributed by atoms with Gasteiger partial charge in [0.05, 0.1) is 10.0 Å². The lowest BCUT2D eigenvalue weighted by Crippen LogP contribution is -1.98. The van der Waals surface area contributed by atoms with Crippen LogP contribution in [0.25, 0.3) is 0 Å². The molecule has 2 aromatic carbocycles. The molecule has 0 bridgehead atoms. The second-order valence-corrected chi connectivity index (χ2v) is 5.42. The van der Waals surface area contributed by atoms with Crippen LogP contribution in [0.2, 0.25) is 0 Å². The maximum absolute atomic E-state index is 9.09. The predicted octanol–water partition coefficient (Wildman–Crippen LogP) is 4.66. The zero-order valence-corrected chi connectivity index (χ0v) is 12.5. The summed E-state index contributed by atoms with van der Waals surface area (Å²) in [6.07, 6.45) is 0. The Morgan fingerprint density at radius 1 is 1.11 bits per heavy atom. The molecule has 0 heterocycles. The summed E-state index contributed by atoms with van der Waals surface area (Å²) < 4.78 is 7.32. The topological polar surface area (TPSA) is 33.0 Å². The molecule has 4 heteroatoms. The van der Waals surface area contributed by atoms with Gasteiger partial charge in [-0.2, -0.15) is 5.26 Å². The van der Waals surface area contributed by atoms with E-state index >= 15 is 0 Å². The van der Waals surface area contributed by atoms with E-state index < -0.39 is 0 Å². The highest BCUT2D eigenvalue weighted by atomic mass is 79.9. The van der Waals surface area contributed by atoms with Crippen molar-refractivity contribution in [3.05, 3.63) is 62.5 Å². The molecule has 2 aromatic rings. The number of hydrogen-bond acceptors (Lipinski definition) is 2. The van der Waals surface area contributed by atoms with Gasteiger partial charge in [0.2, 0.25) is 0 Å². The lowest BCUT2D eigenvalue weighted by molar-refractivity contribution is 0.303. The summed E-state index contributed by atoms with van der Waals surface area (Å²) in [5.41, 5.74) is 1.57. The van der Waals surface area contributed by atoms with E-state index in [1.807, 2.05) is 36.4 Å². The van der Waals surface area contributed by atoms with Crippen LogP contribution in [0.3, 0.4) is 0 Å². The number of hydrogen-bond donors (Lipinski definition) is 0. The van der Waals surface area contributed by atoms with Crippen LogP contribution in [-0.2, 0) is 6.61 Å². The van der Waals surface area contributed by atoms with Gasteiger partial charge in [0, 0.05) is 4.47 Å². The third kappa shape index (κ3) is 3.12. The van der Waals surface area contributed by atoms with Crippen LogP contribution in [0, 0.1) is 11.3 Å². The van der Waals surface area contributed by atoms with Gasteiger partial charge in [-0.1, -0.05) is 46.3 Å². The van der Waals surface area contributed by atoms with Crippen LogP contribution in [0.1, 0.15) is 11.1 Å². The van der Waals surface area contributed by atoms with Gasteiger partial charge in [0.15, 0.2) is 5.75 Å². The van der Waals surface area contributed by atoms with E-state index in [4.69, 9.17) is 10.00 Å². The second-order valence-electron chi connectivity index (χ2n) is 3.65. The van der Waals surface area contributed by atoms with E-state index in [1.54, 1.807) is 6.07 Å². The normalized spacial score (nSPS) is 9.83. The molecule has 0 N–H and O–H groups in total. The Morgan fingerprint density at radius 2 is 1.83 bits per heavy atom. The van der Waals surface area contributed by atoms with Crippen LogP contribution in [0.4, 0.5) is 0 Å². The van der Waals surface area contributed by atoms with Gasteiger partial charge in [-0.15, -0.1) is 0 Å². The monoisotopic (exact) mass is 365 g/mol. The first-order valence-electron chi connectivity index (χ1n) is 5.26. The van der Waals surface area contributed by atoms with Crippen molar-refractivity contribution >= 4 is 31.9 Å². The average molecular weight is 367 g/mol. The molecule has 0 saturated heterocycles. The molecule has 0 aliphatic heterocycles. The molecule has 0 spiro atoms. The van der Waals surface area contributed by atoms with Crippen molar-refractivity contribution < 1.29 is 4.74 Å². The molecule has 0 aliphatic rings. The molecular formula is C14H9Br2NO. The van der Waals surface area contributed by atoms with Crippen molar-refractivity contribution in [2.24, 2.45) is 0 Å². The van der Waals surface area contributed by atoms with Crippen molar-refractivity contribution in [2.45, 2.75) is 6.61 Å². The average Bonchev–Trinajstić information content (AvgIpc) is 2.38. The SMILES string of the molecule is N#Cc1cc(Br)cc(Br)c1OCc1ccccc1. The first-order valence-corrected chi connectivity index (χ1v) is 6.85. The summed E-state index contributed by atoms with van der Waals surface area (Å²) >= 11 is 6.75. The number of nitrogens with zero attached hydrogens (tertiary/aromatic N) is 1. The lowest BCUT2D eigenvalue weighted by atomic mass is 10.2. The number of rotatable bonds is 3. The summed E-state index contributed by atoms with van der Waals surface area (Å²) in [7, 11) is 0. The molecule has 0 unspecified atom stereocenters. The van der Waals surface area contributed by atoms with Crippen LogP contribution >= 0.6 is 31.9 Å². The molecule has 2 rings (SSSR count). The molecule has 0 saturated carbocycles. The van der Waals surface area contributed by atoms with Crippen LogP contribution in [0.15, 0.2) is 51.4 Å². The molecular weight excluding hydrogens is 358 g/mol. The fourth-order valence-electron chi connectivity index (χ4n) is 1.52. The molecule has 2 nitrogen and oxygen atoms in total. The Labute approximate surface area is 122 Å². The number of halogens is 2. The summed E-state index contributed by atoms with van der Waals surface area (Å²) in [6.45, 7) is 0.440. The van der Waals surface area contributed by atoms with Gasteiger partial charge in [0.25, 0.3) is 0 Å². The molecule has 0 aliphatic carbocycles. The van der Waals surface area contributed by atoms with E-state index in [9.17, 15) is 0 Å². The van der Waals surface area contributed by atoms with Gasteiger partial charge in [0.1, 0.15) is 12.7 Å². The largest absolute Gasteiger partial charge is 0.486 e. The minimum Gasteiger partial charge on any atom is -0.486 e. The van der Waals surface area contributed by atoms with Crippen LogP contribution in [0.5, 0.6) is 5.75 Å². The van der Waals surface area contributed by atoms with Gasteiger partial charge in [-0.25, -0.2) is 0 Å². The zero-order chi connectivity index (χ0) is 13.0. The van der Waals surface area contributed by atoms with Gasteiger partial charge < -0.3 is 4.74 Å². The smallest absolute Gasteiger partial charge is 0.151 e. The first-order chi connectivity index (χ1) is 8.70. The lowest BCUT2D eigenvalue weighted by Gasteiger charge is -2.10. The maximum Gasteiger partial charge on any atom is 0.151 e. The first kappa shape index (κ1) is 13.1. The molecule has 18 heavy (non-hydrogen) atoms. The number of ether oxygens (including phenoxy) is 1. The number of nitriles is 1. The molecule has 0 fully saturated rings. The second kappa shape index (κ2) is 6.03. The van der Waals surface area contributed by atoms with Gasteiger partial charge in [-0.3, -0.25) is 0 Å². The Balaban J connectivity index is 2.22. The summed E-state index contributed by atoms with van der Waals surface area (Å²) in [6, 6.07) is 15.6. The van der Waals surface area contributed by atoms with Gasteiger partial charge in [-0.05, 0) is 33.6 Å². The fourth-order valence-corrected chi connectivity index (χ4v) is 2.86. The van der Waals surface area contributed by atoms with Gasteiger partial charge >= 0.3 is 0 Å². The standard InChI is InChI=1S/C14H9Br2NO/c15-12-6-11(8-17)14(13(16)7-12)18-9-10-4-2-1-3-5-10/h1-7H,9H2. The van der Waals surface area contributed by atoms with Crippen LogP contribution < -0.4 is 4.74 Å². The third-order valence-electron chi connectivity index (χ3n) is 2.35. The summed E-state index contributed by atoms with van der Waals surface area (Å²) in [5, 5.41) is 9.09. The highest BCUT2D eigenvalue weighted by Gasteiger charge is 2.10. The molecule has 0 amide bonds. The van der Waals surface area contributed by atoms with E-state index in [2.05, 4.69) is 37.9 Å². The fraction of sp³-hybridized carbons (Fsp3) is 0.0714. The quantitative estimate of drug-likeness (QED) is 0.791. The predicted molar refractivity (Wildman–Crippen MR) is 77.3 cm³/mol. The third-order valence-corrected chi connectivity index (χ3v) is 3.40. The summed E-state index contributed by atoms with van der Waals surface area (Å²) in [4.78, 5) is 0.